The number of rotatable bonds is 4. The van der Waals surface area contributed by atoms with Crippen LogP contribution in [0, 0.1) is 18.8 Å². The Morgan fingerprint density at radius 3 is 2.56 bits per heavy atom. The lowest BCUT2D eigenvalue weighted by molar-refractivity contribution is -0.137. The third-order valence-corrected chi connectivity index (χ3v) is 4.28. The van der Waals surface area contributed by atoms with E-state index in [1.807, 2.05) is 31.2 Å². The minimum atomic E-state index is -4.39. The van der Waals surface area contributed by atoms with Gasteiger partial charge >= 0.3 is 6.18 Å². The molecule has 0 unspecified atom stereocenters. The Balaban J connectivity index is 0.00000363. The third-order valence-electron chi connectivity index (χ3n) is 4.28. The van der Waals surface area contributed by atoms with Gasteiger partial charge in [-0.2, -0.15) is 13.2 Å². The van der Waals surface area contributed by atoms with Crippen LogP contribution in [0.5, 0.6) is 0 Å². The SMILES string of the molecule is CN=C(NCC#Cc1cccc(C(F)(F)F)c1)NCc1coc(-c2ccc(C)cc2)n1.I. The molecule has 3 aromatic rings. The molecule has 2 N–H and O–H groups in total. The molecule has 1 aromatic heterocycles. The maximum absolute atomic E-state index is 12.8. The number of nitrogens with zero attached hydrogens (tertiary/aromatic N) is 2. The highest BCUT2D eigenvalue weighted by atomic mass is 127. The van der Waals surface area contributed by atoms with Gasteiger partial charge in [-0.3, -0.25) is 4.99 Å². The zero-order chi connectivity index (χ0) is 22.3. The van der Waals surface area contributed by atoms with Gasteiger partial charge in [0.05, 0.1) is 24.3 Å². The van der Waals surface area contributed by atoms with Crippen molar-refractivity contribution in [2.75, 3.05) is 13.6 Å². The van der Waals surface area contributed by atoms with E-state index in [0.29, 0.717) is 29.7 Å². The maximum atomic E-state index is 12.8. The number of halogens is 4. The Labute approximate surface area is 201 Å². The molecule has 0 saturated heterocycles. The Morgan fingerprint density at radius 2 is 1.88 bits per heavy atom. The van der Waals surface area contributed by atoms with Gasteiger partial charge in [0.15, 0.2) is 5.96 Å². The monoisotopic (exact) mass is 554 g/mol. The second-order valence-corrected chi connectivity index (χ2v) is 6.67. The Morgan fingerprint density at radius 1 is 1.12 bits per heavy atom. The molecule has 0 aliphatic carbocycles. The molecule has 1 heterocycles. The van der Waals surface area contributed by atoms with E-state index < -0.39 is 11.7 Å². The molecule has 0 aliphatic rings. The normalized spacial score (nSPS) is 11.2. The molecular weight excluding hydrogens is 532 g/mol. The lowest BCUT2D eigenvalue weighted by Gasteiger charge is -2.08. The standard InChI is InChI=1S/C23H21F3N4O.HI/c1-16-8-10-18(11-9-16)21-30-20(15-31-21)14-29-22(27-2)28-12-4-6-17-5-3-7-19(13-17)23(24,25)26;/h3,5,7-11,13,15H,12,14H2,1-2H3,(H2,27,28,29);1H. The maximum Gasteiger partial charge on any atom is 0.416 e. The topological polar surface area (TPSA) is 62.5 Å². The van der Waals surface area contributed by atoms with Gasteiger partial charge in [0.25, 0.3) is 0 Å². The summed E-state index contributed by atoms with van der Waals surface area (Å²) in [5.41, 5.74) is 2.33. The molecule has 0 amide bonds. The first-order chi connectivity index (χ1) is 14.8. The van der Waals surface area contributed by atoms with Gasteiger partial charge in [-0.05, 0) is 37.3 Å². The van der Waals surface area contributed by atoms with Gasteiger partial charge in [0.1, 0.15) is 6.26 Å². The fourth-order valence-corrected chi connectivity index (χ4v) is 2.66. The predicted octanol–water partition coefficient (Wildman–Crippen LogP) is 5.00. The van der Waals surface area contributed by atoms with Crippen LogP contribution in [0.4, 0.5) is 13.2 Å². The Hall–Kier alpha value is -3.00. The molecule has 3 rings (SSSR count). The zero-order valence-electron chi connectivity index (χ0n) is 17.5. The molecule has 2 aromatic carbocycles. The van der Waals surface area contributed by atoms with Gasteiger partial charge in [-0.1, -0.05) is 35.6 Å². The average Bonchev–Trinajstić information content (AvgIpc) is 3.22. The number of nitrogens with one attached hydrogen (secondary N) is 2. The molecule has 0 spiro atoms. The lowest BCUT2D eigenvalue weighted by Crippen LogP contribution is -2.37. The van der Waals surface area contributed by atoms with E-state index >= 15 is 0 Å². The summed E-state index contributed by atoms with van der Waals surface area (Å²) in [5.74, 6) is 6.52. The first-order valence-corrected chi connectivity index (χ1v) is 9.47. The van der Waals surface area contributed by atoms with Crippen molar-refractivity contribution in [2.24, 2.45) is 4.99 Å². The van der Waals surface area contributed by atoms with E-state index in [1.54, 1.807) is 13.3 Å². The summed E-state index contributed by atoms with van der Waals surface area (Å²) in [7, 11) is 1.61. The van der Waals surface area contributed by atoms with E-state index in [0.717, 1.165) is 23.3 Å². The van der Waals surface area contributed by atoms with Crippen molar-refractivity contribution in [1.29, 1.82) is 0 Å². The Bertz CT molecular complexity index is 1110. The van der Waals surface area contributed by atoms with Crippen molar-refractivity contribution in [1.82, 2.24) is 15.6 Å². The van der Waals surface area contributed by atoms with Crippen LogP contribution in [0.15, 0.2) is 64.2 Å². The molecular formula is C23H22F3IN4O. The molecule has 5 nitrogen and oxygen atoms in total. The number of alkyl halides is 3. The smallest absolute Gasteiger partial charge is 0.416 e. The van der Waals surface area contributed by atoms with E-state index in [4.69, 9.17) is 4.42 Å². The molecule has 0 radical (unpaired) electrons. The second kappa shape index (κ2) is 11.6. The van der Waals surface area contributed by atoms with E-state index in [-0.39, 0.29) is 30.5 Å². The average molecular weight is 554 g/mol. The molecule has 0 saturated carbocycles. The minimum Gasteiger partial charge on any atom is -0.444 e. The van der Waals surface area contributed by atoms with Crippen molar-refractivity contribution < 1.29 is 17.6 Å². The number of guanidine groups is 1. The highest BCUT2D eigenvalue weighted by Gasteiger charge is 2.30. The molecule has 0 atom stereocenters. The fourth-order valence-electron chi connectivity index (χ4n) is 2.66. The van der Waals surface area contributed by atoms with Gasteiger partial charge < -0.3 is 15.1 Å². The van der Waals surface area contributed by atoms with Crippen LogP contribution in [0.1, 0.15) is 22.4 Å². The van der Waals surface area contributed by atoms with Gasteiger partial charge in [-0.15, -0.1) is 24.0 Å². The van der Waals surface area contributed by atoms with Crippen LogP contribution < -0.4 is 10.6 Å². The molecule has 9 heteroatoms. The van der Waals surface area contributed by atoms with Crippen molar-refractivity contribution in [3.63, 3.8) is 0 Å². The molecule has 32 heavy (non-hydrogen) atoms. The highest BCUT2D eigenvalue weighted by molar-refractivity contribution is 14.0. The summed E-state index contributed by atoms with van der Waals surface area (Å²) in [6.45, 7) is 2.61. The first-order valence-electron chi connectivity index (χ1n) is 9.47. The molecule has 168 valence electrons. The van der Waals surface area contributed by atoms with E-state index in [2.05, 4.69) is 32.5 Å². The summed E-state index contributed by atoms with van der Waals surface area (Å²) in [4.78, 5) is 8.54. The summed E-state index contributed by atoms with van der Waals surface area (Å²) in [5, 5.41) is 6.07. The van der Waals surface area contributed by atoms with Crippen LogP contribution in [0.3, 0.4) is 0 Å². The number of aryl methyl sites for hydroxylation is 1. The summed E-state index contributed by atoms with van der Waals surface area (Å²) in [6, 6.07) is 12.8. The van der Waals surface area contributed by atoms with Crippen LogP contribution in [0.2, 0.25) is 0 Å². The van der Waals surface area contributed by atoms with E-state index in [1.165, 1.54) is 12.1 Å². The van der Waals surface area contributed by atoms with Crippen molar-refractivity contribution >= 4 is 29.9 Å². The third kappa shape index (κ3) is 7.30. The molecule has 0 fully saturated rings. The number of benzene rings is 2. The predicted molar refractivity (Wildman–Crippen MR) is 129 cm³/mol. The van der Waals surface area contributed by atoms with Crippen LogP contribution >= 0.6 is 24.0 Å². The van der Waals surface area contributed by atoms with Crippen LogP contribution in [-0.4, -0.2) is 24.5 Å². The quantitative estimate of drug-likeness (QED) is 0.206. The molecule has 0 aliphatic heterocycles. The lowest BCUT2D eigenvalue weighted by atomic mass is 10.1. The highest BCUT2D eigenvalue weighted by Crippen LogP contribution is 2.29. The number of hydrogen-bond donors (Lipinski definition) is 2. The van der Waals surface area contributed by atoms with Gasteiger partial charge in [-0.25, -0.2) is 4.98 Å². The summed E-state index contributed by atoms with van der Waals surface area (Å²) < 4.78 is 43.8. The number of oxazole rings is 1. The van der Waals surface area contributed by atoms with Crippen molar-refractivity contribution in [3.8, 4) is 23.3 Å². The van der Waals surface area contributed by atoms with Crippen LogP contribution in [0.25, 0.3) is 11.5 Å². The minimum absolute atomic E-state index is 0. The summed E-state index contributed by atoms with van der Waals surface area (Å²) >= 11 is 0. The van der Waals surface area contributed by atoms with Gasteiger partial charge in [0, 0.05) is 18.2 Å². The molecule has 0 bridgehead atoms. The summed E-state index contributed by atoms with van der Waals surface area (Å²) in [6.07, 6.45) is -2.81. The van der Waals surface area contributed by atoms with Crippen LogP contribution in [-0.2, 0) is 12.7 Å². The zero-order valence-corrected chi connectivity index (χ0v) is 19.8. The number of aliphatic imine (C=N–C) groups is 1. The fraction of sp³-hybridized carbons (Fsp3) is 0.217. The van der Waals surface area contributed by atoms with Gasteiger partial charge in [0.2, 0.25) is 5.89 Å². The van der Waals surface area contributed by atoms with Crippen molar-refractivity contribution in [2.45, 2.75) is 19.6 Å². The first kappa shape index (κ1) is 25.3. The largest absolute Gasteiger partial charge is 0.444 e. The Kier molecular flexibility index (Phi) is 9.13. The second-order valence-electron chi connectivity index (χ2n) is 6.67. The number of hydrogen-bond acceptors (Lipinski definition) is 3. The number of aromatic nitrogens is 1. The van der Waals surface area contributed by atoms with Crippen molar-refractivity contribution in [3.05, 3.63) is 77.2 Å². The van der Waals surface area contributed by atoms with E-state index in [9.17, 15) is 13.2 Å².